The van der Waals surface area contributed by atoms with Crippen molar-refractivity contribution in [2.24, 2.45) is 0 Å². The van der Waals surface area contributed by atoms with Gasteiger partial charge in [-0.3, -0.25) is 0 Å². The van der Waals surface area contributed by atoms with Crippen LogP contribution in [0.25, 0.3) is 132 Å². The van der Waals surface area contributed by atoms with Crippen LogP contribution in [0.4, 0.5) is 0 Å². The van der Waals surface area contributed by atoms with Crippen molar-refractivity contribution < 1.29 is 0 Å². The summed E-state index contributed by atoms with van der Waals surface area (Å²) in [6.45, 7) is 13.9. The highest BCUT2D eigenvalue weighted by Crippen LogP contribution is 2.45. The molecule has 0 atom stereocenters. The fourth-order valence-electron chi connectivity index (χ4n) is 19.6. The largest absolute Gasteiger partial charge is 0.307 e. The Hall–Kier alpha value is -12.3. The number of fused-ring (bicyclic) bond motifs is 20. The first-order valence-electron chi connectivity index (χ1n) is 36.4. The second-order valence-corrected chi connectivity index (χ2v) is 29.4. The Kier molecular flexibility index (Phi) is 13.1. The van der Waals surface area contributed by atoms with E-state index in [9.17, 15) is 0 Å². The zero-order valence-electron chi connectivity index (χ0n) is 58.5. The van der Waals surface area contributed by atoms with Crippen LogP contribution in [-0.4, -0.2) is 38.4 Å². The quantitative estimate of drug-likeness (QED) is 0.128. The van der Waals surface area contributed by atoms with Crippen molar-refractivity contribution in [2.75, 3.05) is 0 Å². The third-order valence-electron chi connectivity index (χ3n) is 23.4. The molecule has 21 rings (SSSR count). The number of hydrogen-bond acceptors (Lipinski definition) is 0. The summed E-state index contributed by atoms with van der Waals surface area (Å²) in [5.41, 5.74) is 38.7. The Bertz CT molecular complexity index is 6300. The summed E-state index contributed by atoms with van der Waals surface area (Å²) in [4.78, 5) is 0. The molecule has 103 heavy (non-hydrogen) atoms. The molecule has 0 radical (unpaired) electrons. The van der Waals surface area contributed by atoms with Gasteiger partial charge in [-0.1, -0.05) is 325 Å². The molecule has 0 amide bonds. The Labute approximate surface area is 600 Å². The smallest absolute Gasteiger partial charge is 0.242 e. The van der Waals surface area contributed by atoms with Gasteiger partial charge in [-0.05, 0) is 131 Å². The van der Waals surface area contributed by atoms with Crippen LogP contribution >= 0.6 is 0 Å². The molecule has 4 nitrogen and oxygen atoms in total. The van der Waals surface area contributed by atoms with Crippen molar-refractivity contribution in [3.8, 4) is 45.0 Å². The molecule has 0 bridgehead atoms. The molecule has 6 heterocycles. The minimum absolute atomic E-state index is 0.0968. The average Bonchev–Trinajstić information content (AvgIpc) is 1.54. The lowest BCUT2D eigenvalue weighted by Crippen LogP contribution is -2.56. The summed E-state index contributed by atoms with van der Waals surface area (Å²) >= 11 is 0. The van der Waals surface area contributed by atoms with Crippen LogP contribution in [0.1, 0.15) is 33.4 Å². The van der Waals surface area contributed by atoms with Crippen molar-refractivity contribution in [1.29, 1.82) is 0 Å². The van der Waals surface area contributed by atoms with Gasteiger partial charge in [0.25, 0.3) is 0 Å². The molecule has 15 aromatic carbocycles. The molecule has 4 aromatic heterocycles. The van der Waals surface area contributed by atoms with E-state index in [1.54, 1.807) is 0 Å². The molecular weight excluding hydrogens is 1240 g/mol. The Morgan fingerprint density at radius 2 is 0.534 bits per heavy atom. The van der Waals surface area contributed by atoms with Gasteiger partial charge in [0, 0.05) is 65.8 Å². The van der Waals surface area contributed by atoms with Crippen LogP contribution < -0.4 is 49.2 Å². The van der Waals surface area contributed by atoms with E-state index < -0.39 is 0 Å². The van der Waals surface area contributed by atoms with Crippen molar-refractivity contribution in [3.05, 3.63) is 343 Å². The highest BCUT2D eigenvalue weighted by Gasteiger charge is 2.37. The Balaban J connectivity index is 0.902. The molecule has 0 fully saturated rings. The molecule has 2 aliphatic heterocycles. The van der Waals surface area contributed by atoms with Gasteiger partial charge >= 0.3 is 0 Å². The average molecular weight is 1310 g/mol. The van der Waals surface area contributed by atoms with Crippen molar-refractivity contribution in [1.82, 2.24) is 18.3 Å². The number of aryl methyl sites for hydroxylation is 6. The normalized spacial score (nSPS) is 12.5. The summed E-state index contributed by atoms with van der Waals surface area (Å²) in [5.74, 6) is 0. The van der Waals surface area contributed by atoms with Crippen LogP contribution in [-0.2, 0) is 0 Å². The van der Waals surface area contributed by atoms with Gasteiger partial charge in [0.1, 0.15) is 0 Å². The molecule has 0 saturated carbocycles. The van der Waals surface area contributed by atoms with Gasteiger partial charge in [0.15, 0.2) is 0 Å². The molecule has 7 heteroatoms. The summed E-state index contributed by atoms with van der Waals surface area (Å²) in [6.07, 6.45) is 0. The van der Waals surface area contributed by atoms with Crippen molar-refractivity contribution in [3.63, 3.8) is 0 Å². The van der Waals surface area contributed by atoms with Gasteiger partial charge in [0.2, 0.25) is 20.1 Å². The Morgan fingerprint density at radius 1 is 0.233 bits per heavy atom. The van der Waals surface area contributed by atoms with E-state index in [-0.39, 0.29) is 20.1 Å². The zero-order chi connectivity index (χ0) is 68.6. The molecule has 2 aliphatic rings. The molecular formula is C96H69B3N4. The van der Waals surface area contributed by atoms with Crippen LogP contribution in [0.5, 0.6) is 0 Å². The predicted molar refractivity (Wildman–Crippen MR) is 443 cm³/mol. The van der Waals surface area contributed by atoms with Gasteiger partial charge < -0.3 is 18.3 Å². The van der Waals surface area contributed by atoms with Gasteiger partial charge in [-0.2, -0.15) is 0 Å². The predicted octanol–water partition coefficient (Wildman–Crippen LogP) is 17.4. The van der Waals surface area contributed by atoms with Crippen LogP contribution in [0.15, 0.2) is 309 Å². The van der Waals surface area contributed by atoms with Crippen LogP contribution in [0.3, 0.4) is 0 Å². The maximum atomic E-state index is 2.65. The number of benzene rings is 15. The minimum Gasteiger partial charge on any atom is -0.307 e. The SMILES string of the molecule is Cc1cc(C)c(B(c2cc(-n3c4ccccc4c4ccc5c6cc(B7c8ccccc8-c8ccccc87)ccc6n(-c6ccccc6)c5c43)cc(-n3c4ccccc4c4ccc5c6cc(B7c8ccccc8-c8ccccc87)ccc6n(-c6ccccc6)c5c43)c2)c2c(C)cc(C)cc2C)c(C)c1. The van der Waals surface area contributed by atoms with E-state index in [0.29, 0.717) is 0 Å². The third-order valence-corrected chi connectivity index (χ3v) is 23.4. The second-order valence-electron chi connectivity index (χ2n) is 29.4. The zero-order valence-corrected chi connectivity index (χ0v) is 58.5. The summed E-state index contributed by atoms with van der Waals surface area (Å²) in [7, 11) is 0. The first-order valence-corrected chi connectivity index (χ1v) is 36.4. The monoisotopic (exact) mass is 1310 g/mol. The lowest BCUT2D eigenvalue weighted by Gasteiger charge is -2.26. The first kappa shape index (κ1) is 59.5. The van der Waals surface area contributed by atoms with Gasteiger partial charge in [0.05, 0.1) is 44.1 Å². The maximum absolute atomic E-state index is 2.65. The summed E-state index contributed by atoms with van der Waals surface area (Å²) in [6, 6.07) is 118. The van der Waals surface area contributed by atoms with E-state index in [1.807, 2.05) is 0 Å². The van der Waals surface area contributed by atoms with Gasteiger partial charge in [-0.25, -0.2) is 0 Å². The first-order chi connectivity index (χ1) is 50.6. The number of aromatic nitrogens is 4. The highest BCUT2D eigenvalue weighted by atomic mass is 15.1. The number of para-hydroxylation sites is 4. The summed E-state index contributed by atoms with van der Waals surface area (Å²) < 4.78 is 10.4. The number of rotatable bonds is 9. The minimum atomic E-state index is -0.152. The van der Waals surface area contributed by atoms with E-state index in [0.717, 1.165) is 33.8 Å². The molecule has 0 spiro atoms. The molecule has 0 N–H and O–H groups in total. The van der Waals surface area contributed by atoms with E-state index in [2.05, 4.69) is 369 Å². The van der Waals surface area contributed by atoms with E-state index in [4.69, 9.17) is 0 Å². The lowest BCUT2D eigenvalue weighted by molar-refractivity contribution is 1.12. The number of hydrogen-bond donors (Lipinski definition) is 0. The van der Waals surface area contributed by atoms with Crippen LogP contribution in [0, 0.1) is 41.5 Å². The lowest BCUT2D eigenvalue weighted by atomic mass is 9.34. The third kappa shape index (κ3) is 8.69. The molecule has 0 aliphatic carbocycles. The standard InChI is InChI=1S/C96H69B3N4/c1-58-49-60(3)91(61(4)50-58)99(92-62(5)51-59(2)52-63(92)6)66-53-69(102-87-39-23-17-33-75(87)77-43-45-79-81-55-64(97-83-35-19-13-29-71(83)72-30-14-20-36-84(72)97)41-47-89(81)100(95(79)93(77)102)67-25-9-7-10-26-67)57-70(54-66)103-88-40-24-18-34-76(88)78-44-46-80-82-56-65(98-85-37-21-15-31-73(85)74-32-16-22-38-86(74)98)42-48-90(82)101(96(80)94(78)103)68-27-11-8-12-28-68/h7-57H,1-6H3. The molecule has 482 valence electrons. The molecule has 19 aromatic rings. The fraction of sp³-hybridized carbons (Fsp3) is 0.0625. The Morgan fingerprint density at radius 3 is 0.903 bits per heavy atom. The fourth-order valence-corrected chi connectivity index (χ4v) is 19.6. The van der Waals surface area contributed by atoms with Crippen molar-refractivity contribution >= 4 is 157 Å². The molecule has 0 unspecified atom stereocenters. The van der Waals surface area contributed by atoms with E-state index >= 15 is 0 Å². The highest BCUT2D eigenvalue weighted by molar-refractivity contribution is 7.00. The van der Waals surface area contributed by atoms with Gasteiger partial charge in [-0.15, -0.1) is 0 Å². The maximum Gasteiger partial charge on any atom is 0.242 e. The van der Waals surface area contributed by atoms with Crippen LogP contribution in [0.2, 0.25) is 0 Å². The van der Waals surface area contributed by atoms with E-state index in [1.165, 1.54) is 181 Å². The van der Waals surface area contributed by atoms with Crippen molar-refractivity contribution in [2.45, 2.75) is 41.5 Å². The molecule has 0 saturated heterocycles. The number of nitrogens with zero attached hydrogens (tertiary/aromatic N) is 4. The summed E-state index contributed by atoms with van der Waals surface area (Å²) in [5, 5.41) is 9.71. The second kappa shape index (κ2) is 22.6. The topological polar surface area (TPSA) is 19.7 Å².